The van der Waals surface area contributed by atoms with Crippen LogP contribution in [0.3, 0.4) is 0 Å². The lowest BCUT2D eigenvalue weighted by Crippen LogP contribution is -2.21. The van der Waals surface area contributed by atoms with Crippen molar-refractivity contribution in [2.45, 2.75) is 46.4 Å². The van der Waals surface area contributed by atoms with Gasteiger partial charge >= 0.3 is 0 Å². The Kier molecular flexibility index (Phi) is 5.91. The van der Waals surface area contributed by atoms with Gasteiger partial charge in [0.25, 0.3) is 0 Å². The van der Waals surface area contributed by atoms with Crippen molar-refractivity contribution in [3.05, 3.63) is 51.5 Å². The highest BCUT2D eigenvalue weighted by molar-refractivity contribution is 7.12. The maximum Gasteiger partial charge on any atom is 0.0543 e. The van der Waals surface area contributed by atoms with Crippen LogP contribution < -0.4 is 5.32 Å². The van der Waals surface area contributed by atoms with Gasteiger partial charge < -0.3 is 5.32 Å². The highest BCUT2D eigenvalue weighted by Gasteiger charge is 2.09. The highest BCUT2D eigenvalue weighted by Crippen LogP contribution is 2.23. The lowest BCUT2D eigenvalue weighted by molar-refractivity contribution is 0.315. The second-order valence-corrected chi connectivity index (χ2v) is 7.16. The zero-order valence-corrected chi connectivity index (χ0v) is 14.2. The lowest BCUT2D eigenvalue weighted by Gasteiger charge is -2.15. The van der Waals surface area contributed by atoms with E-state index in [0.717, 1.165) is 25.3 Å². The van der Waals surface area contributed by atoms with Crippen LogP contribution in [0.2, 0.25) is 0 Å². The third-order valence-corrected chi connectivity index (χ3v) is 4.45. The van der Waals surface area contributed by atoms with Crippen molar-refractivity contribution in [2.75, 3.05) is 7.05 Å². The first-order valence-corrected chi connectivity index (χ1v) is 8.26. The first-order valence-electron chi connectivity index (χ1n) is 7.44. The van der Waals surface area contributed by atoms with E-state index in [-0.39, 0.29) is 0 Å². The number of nitrogens with zero attached hydrogens (tertiary/aromatic N) is 2. The van der Waals surface area contributed by atoms with E-state index in [1.54, 1.807) is 0 Å². The molecule has 2 rings (SSSR count). The Balaban J connectivity index is 1.92. The van der Waals surface area contributed by atoms with E-state index >= 15 is 0 Å². The molecule has 0 atom stereocenters. The Hall–Kier alpha value is -1.23. The number of rotatable bonds is 7. The molecular weight excluding hydrogens is 278 g/mol. The molecule has 0 saturated carbocycles. The summed E-state index contributed by atoms with van der Waals surface area (Å²) in [4.78, 5) is 9.54. The Morgan fingerprint density at radius 2 is 2.10 bits per heavy atom. The second kappa shape index (κ2) is 7.69. The molecule has 3 nitrogen and oxygen atoms in total. The van der Waals surface area contributed by atoms with Gasteiger partial charge in [-0.15, -0.1) is 11.3 Å². The van der Waals surface area contributed by atoms with E-state index < -0.39 is 0 Å². The first kappa shape index (κ1) is 16.1. The van der Waals surface area contributed by atoms with Crippen LogP contribution in [0.4, 0.5) is 0 Å². The third kappa shape index (κ3) is 5.23. The summed E-state index contributed by atoms with van der Waals surface area (Å²) in [6.07, 6.45) is 1.86. The standard InChI is InChI=1S/C17H25N3S/c1-13(2)19-10-17-9-15(14(3)21-17)11-20(4)12-16-7-5-6-8-18-16/h5-9,13,19H,10-12H2,1-4H3. The van der Waals surface area contributed by atoms with Gasteiger partial charge in [-0.2, -0.15) is 0 Å². The smallest absolute Gasteiger partial charge is 0.0543 e. The fourth-order valence-corrected chi connectivity index (χ4v) is 3.26. The Morgan fingerprint density at radius 3 is 2.76 bits per heavy atom. The zero-order chi connectivity index (χ0) is 15.2. The molecule has 2 aromatic rings. The molecule has 0 aromatic carbocycles. The van der Waals surface area contributed by atoms with Gasteiger partial charge in [0.1, 0.15) is 0 Å². The molecule has 0 aliphatic heterocycles. The molecule has 2 aromatic heterocycles. The van der Waals surface area contributed by atoms with Crippen LogP contribution in [0.5, 0.6) is 0 Å². The van der Waals surface area contributed by atoms with E-state index in [0.29, 0.717) is 6.04 Å². The maximum absolute atomic E-state index is 4.39. The van der Waals surface area contributed by atoms with E-state index in [2.05, 4.69) is 55.2 Å². The molecule has 0 aliphatic rings. The minimum absolute atomic E-state index is 0.530. The summed E-state index contributed by atoms with van der Waals surface area (Å²) in [5.74, 6) is 0. The van der Waals surface area contributed by atoms with Crippen molar-refractivity contribution in [3.8, 4) is 0 Å². The molecule has 0 amide bonds. The molecule has 0 fully saturated rings. The van der Waals surface area contributed by atoms with E-state index in [1.165, 1.54) is 15.3 Å². The van der Waals surface area contributed by atoms with Crippen LogP contribution in [-0.2, 0) is 19.6 Å². The molecule has 1 N–H and O–H groups in total. The van der Waals surface area contributed by atoms with Crippen molar-refractivity contribution < 1.29 is 0 Å². The molecule has 4 heteroatoms. The van der Waals surface area contributed by atoms with Crippen molar-refractivity contribution in [1.82, 2.24) is 15.2 Å². The molecule has 0 saturated heterocycles. The maximum atomic E-state index is 4.39. The molecule has 0 aliphatic carbocycles. The summed E-state index contributed by atoms with van der Waals surface area (Å²) in [7, 11) is 2.15. The van der Waals surface area contributed by atoms with Gasteiger partial charge in [0.15, 0.2) is 0 Å². The van der Waals surface area contributed by atoms with Crippen LogP contribution >= 0.6 is 11.3 Å². The molecule has 114 valence electrons. The monoisotopic (exact) mass is 303 g/mol. The van der Waals surface area contributed by atoms with Crippen LogP contribution in [0.1, 0.15) is 34.9 Å². The number of pyridine rings is 1. The van der Waals surface area contributed by atoms with Gasteiger partial charge in [-0.05, 0) is 37.7 Å². The van der Waals surface area contributed by atoms with E-state index in [9.17, 15) is 0 Å². The number of hydrogen-bond acceptors (Lipinski definition) is 4. The summed E-state index contributed by atoms with van der Waals surface area (Å²) in [6.45, 7) is 9.40. The minimum Gasteiger partial charge on any atom is -0.310 e. The van der Waals surface area contributed by atoms with Crippen molar-refractivity contribution >= 4 is 11.3 Å². The Bertz CT molecular complexity index is 548. The number of nitrogens with one attached hydrogen (secondary N) is 1. The average Bonchev–Trinajstić information content (AvgIpc) is 2.78. The summed E-state index contributed by atoms with van der Waals surface area (Å²) in [6, 6.07) is 8.95. The lowest BCUT2D eigenvalue weighted by atomic mass is 10.2. The Labute approximate surface area is 132 Å². The van der Waals surface area contributed by atoms with Gasteiger partial charge in [-0.3, -0.25) is 9.88 Å². The number of aryl methyl sites for hydroxylation is 1. The SMILES string of the molecule is Cc1sc(CNC(C)C)cc1CN(C)Cc1ccccn1. The largest absolute Gasteiger partial charge is 0.310 e. The predicted molar refractivity (Wildman–Crippen MR) is 90.4 cm³/mol. The summed E-state index contributed by atoms with van der Waals surface area (Å²) in [5, 5.41) is 3.48. The second-order valence-electron chi connectivity index (χ2n) is 5.82. The van der Waals surface area contributed by atoms with Gasteiger partial charge in [-0.25, -0.2) is 0 Å². The predicted octanol–water partition coefficient (Wildman–Crippen LogP) is 3.58. The van der Waals surface area contributed by atoms with Crippen LogP contribution in [0.15, 0.2) is 30.5 Å². The van der Waals surface area contributed by atoms with Crippen LogP contribution in [0.25, 0.3) is 0 Å². The molecular formula is C17H25N3S. The van der Waals surface area contributed by atoms with Crippen molar-refractivity contribution in [2.24, 2.45) is 0 Å². The van der Waals surface area contributed by atoms with Gasteiger partial charge in [-0.1, -0.05) is 19.9 Å². The van der Waals surface area contributed by atoms with E-state index in [1.807, 2.05) is 29.7 Å². The Morgan fingerprint density at radius 1 is 1.29 bits per heavy atom. The fraction of sp³-hybridized carbons (Fsp3) is 0.471. The van der Waals surface area contributed by atoms with Gasteiger partial charge in [0.2, 0.25) is 0 Å². The fourth-order valence-electron chi connectivity index (χ4n) is 2.25. The molecule has 21 heavy (non-hydrogen) atoms. The van der Waals surface area contributed by atoms with E-state index in [4.69, 9.17) is 0 Å². The minimum atomic E-state index is 0.530. The number of hydrogen-bond donors (Lipinski definition) is 1. The number of thiophene rings is 1. The van der Waals surface area contributed by atoms with Gasteiger partial charge in [0.05, 0.1) is 5.69 Å². The summed E-state index contributed by atoms with van der Waals surface area (Å²) >= 11 is 1.90. The van der Waals surface area contributed by atoms with Crippen molar-refractivity contribution in [1.29, 1.82) is 0 Å². The first-order chi connectivity index (χ1) is 10.0. The van der Waals surface area contributed by atoms with Crippen molar-refractivity contribution in [3.63, 3.8) is 0 Å². The molecule has 0 unspecified atom stereocenters. The number of aromatic nitrogens is 1. The molecule has 0 bridgehead atoms. The molecule has 0 spiro atoms. The van der Waals surface area contributed by atoms with Crippen LogP contribution in [0, 0.1) is 6.92 Å². The van der Waals surface area contributed by atoms with Crippen LogP contribution in [-0.4, -0.2) is 23.0 Å². The molecule has 0 radical (unpaired) electrons. The quantitative estimate of drug-likeness (QED) is 0.847. The zero-order valence-electron chi connectivity index (χ0n) is 13.4. The van der Waals surface area contributed by atoms with Gasteiger partial charge in [0, 0.05) is 41.6 Å². The topological polar surface area (TPSA) is 28.2 Å². The normalized spacial score (nSPS) is 11.5. The average molecular weight is 303 g/mol. The summed E-state index contributed by atoms with van der Waals surface area (Å²) in [5.41, 5.74) is 2.55. The molecule has 2 heterocycles. The summed E-state index contributed by atoms with van der Waals surface area (Å²) < 4.78 is 0. The third-order valence-electron chi connectivity index (χ3n) is 3.35. The highest BCUT2D eigenvalue weighted by atomic mass is 32.1.